The van der Waals surface area contributed by atoms with Gasteiger partial charge in [-0.1, -0.05) is 37.3 Å². The highest BCUT2D eigenvalue weighted by Gasteiger charge is 2.11. The lowest BCUT2D eigenvalue weighted by Crippen LogP contribution is -2.02. The van der Waals surface area contributed by atoms with Crippen molar-refractivity contribution in [2.24, 2.45) is 0 Å². The van der Waals surface area contributed by atoms with Gasteiger partial charge in [-0.3, -0.25) is 0 Å². The lowest BCUT2D eigenvalue weighted by atomic mass is 10.0. The molecule has 0 atom stereocenters. The molecule has 3 rings (SSSR count). The summed E-state index contributed by atoms with van der Waals surface area (Å²) < 4.78 is 11.3. The van der Waals surface area contributed by atoms with Gasteiger partial charge in [0.15, 0.2) is 0 Å². The molecule has 1 aromatic heterocycles. The summed E-state index contributed by atoms with van der Waals surface area (Å²) in [6, 6.07) is 15.5. The minimum Gasteiger partial charge on any atom is -0.488 e. The predicted molar refractivity (Wildman–Crippen MR) is 87.4 cm³/mol. The number of hydrogen-bond acceptors (Lipinski definition) is 3. The monoisotopic (exact) mass is 294 g/mol. The molecule has 0 aliphatic heterocycles. The van der Waals surface area contributed by atoms with Crippen LogP contribution >= 0.6 is 0 Å². The number of ether oxygens (including phenoxy) is 1. The molecule has 3 aromatic rings. The van der Waals surface area contributed by atoms with Crippen molar-refractivity contribution in [1.29, 1.82) is 0 Å². The van der Waals surface area contributed by atoms with E-state index in [2.05, 4.69) is 0 Å². The standard InChI is InChI=1S/C19H18O3/c1-3-15-11-18(20)22-19-13(2)17(10-9-16(15)19)21-12-14-7-5-4-6-8-14/h4-11H,3,12H2,1-2H3. The van der Waals surface area contributed by atoms with E-state index in [0.717, 1.165) is 34.2 Å². The van der Waals surface area contributed by atoms with Gasteiger partial charge in [-0.15, -0.1) is 0 Å². The molecule has 3 nitrogen and oxygen atoms in total. The molecule has 1 heterocycles. The van der Waals surface area contributed by atoms with Crippen molar-refractivity contribution in [2.75, 3.05) is 0 Å². The molecule has 2 aromatic carbocycles. The van der Waals surface area contributed by atoms with Crippen molar-refractivity contribution in [3.05, 3.63) is 75.6 Å². The largest absolute Gasteiger partial charge is 0.488 e. The third-order valence-corrected chi connectivity index (χ3v) is 3.81. The van der Waals surface area contributed by atoms with Crippen LogP contribution < -0.4 is 10.4 Å². The van der Waals surface area contributed by atoms with E-state index in [9.17, 15) is 4.79 Å². The van der Waals surface area contributed by atoms with Gasteiger partial charge >= 0.3 is 5.63 Å². The summed E-state index contributed by atoms with van der Waals surface area (Å²) in [5.41, 5.74) is 3.28. The molecule has 112 valence electrons. The SMILES string of the molecule is CCc1cc(=O)oc2c(C)c(OCc3ccccc3)ccc12. The highest BCUT2D eigenvalue weighted by Crippen LogP contribution is 2.29. The Morgan fingerprint density at radius 1 is 1.09 bits per heavy atom. The van der Waals surface area contributed by atoms with Gasteiger partial charge in [0, 0.05) is 17.0 Å². The Kier molecular flexibility index (Phi) is 3.96. The van der Waals surface area contributed by atoms with Gasteiger partial charge in [0.25, 0.3) is 0 Å². The third-order valence-electron chi connectivity index (χ3n) is 3.81. The van der Waals surface area contributed by atoms with E-state index in [1.165, 1.54) is 0 Å². The molecule has 0 amide bonds. The maximum absolute atomic E-state index is 11.7. The van der Waals surface area contributed by atoms with Crippen LogP contribution in [0.4, 0.5) is 0 Å². The molecule has 0 saturated carbocycles. The Morgan fingerprint density at radius 2 is 1.86 bits per heavy atom. The van der Waals surface area contributed by atoms with E-state index in [0.29, 0.717) is 12.2 Å². The first-order valence-electron chi connectivity index (χ1n) is 7.42. The third kappa shape index (κ3) is 2.75. The maximum Gasteiger partial charge on any atom is 0.336 e. The van der Waals surface area contributed by atoms with Crippen LogP contribution in [0.25, 0.3) is 11.0 Å². The Hall–Kier alpha value is -2.55. The summed E-state index contributed by atoms with van der Waals surface area (Å²) >= 11 is 0. The predicted octanol–water partition coefficient (Wildman–Crippen LogP) is 4.24. The van der Waals surface area contributed by atoms with Crippen LogP contribution in [0.3, 0.4) is 0 Å². The van der Waals surface area contributed by atoms with Gasteiger partial charge < -0.3 is 9.15 Å². The molecule has 0 saturated heterocycles. The fourth-order valence-corrected chi connectivity index (χ4v) is 2.59. The fourth-order valence-electron chi connectivity index (χ4n) is 2.59. The van der Waals surface area contributed by atoms with Crippen molar-refractivity contribution < 1.29 is 9.15 Å². The first-order chi connectivity index (χ1) is 10.7. The van der Waals surface area contributed by atoms with Crippen molar-refractivity contribution in [3.63, 3.8) is 0 Å². The smallest absolute Gasteiger partial charge is 0.336 e. The Morgan fingerprint density at radius 3 is 2.59 bits per heavy atom. The van der Waals surface area contributed by atoms with Crippen LogP contribution in [0.1, 0.15) is 23.6 Å². The molecule has 0 fully saturated rings. The Labute approximate surface area is 129 Å². The molecule has 0 bridgehead atoms. The molecule has 0 aliphatic rings. The molecular formula is C19H18O3. The van der Waals surface area contributed by atoms with Crippen molar-refractivity contribution in [3.8, 4) is 5.75 Å². The second-order valence-corrected chi connectivity index (χ2v) is 5.28. The van der Waals surface area contributed by atoms with Gasteiger partial charge in [0.1, 0.15) is 17.9 Å². The van der Waals surface area contributed by atoms with Gasteiger partial charge in [-0.2, -0.15) is 0 Å². The van der Waals surface area contributed by atoms with Crippen molar-refractivity contribution in [2.45, 2.75) is 26.9 Å². The highest BCUT2D eigenvalue weighted by atomic mass is 16.5. The summed E-state index contributed by atoms with van der Waals surface area (Å²) in [6.07, 6.45) is 0.797. The van der Waals surface area contributed by atoms with E-state index >= 15 is 0 Å². The molecule has 22 heavy (non-hydrogen) atoms. The number of fused-ring (bicyclic) bond motifs is 1. The highest BCUT2D eigenvalue weighted by molar-refractivity contribution is 5.84. The molecule has 0 radical (unpaired) electrons. The van der Waals surface area contributed by atoms with Gasteiger partial charge in [0.05, 0.1) is 0 Å². The molecule has 0 aliphatic carbocycles. The summed E-state index contributed by atoms with van der Waals surface area (Å²) in [5, 5.41) is 0.978. The van der Waals surface area contributed by atoms with Gasteiger partial charge in [-0.05, 0) is 36.6 Å². The summed E-state index contributed by atoms with van der Waals surface area (Å²) in [7, 11) is 0. The molecule has 0 spiro atoms. The summed E-state index contributed by atoms with van der Waals surface area (Å²) in [6.45, 7) is 4.44. The zero-order valence-electron chi connectivity index (χ0n) is 12.8. The van der Waals surface area contributed by atoms with Gasteiger partial charge in [-0.25, -0.2) is 4.79 Å². The van der Waals surface area contributed by atoms with Gasteiger partial charge in [0.2, 0.25) is 0 Å². The molecule has 0 unspecified atom stereocenters. The molecular weight excluding hydrogens is 276 g/mol. The van der Waals surface area contributed by atoms with E-state index in [4.69, 9.17) is 9.15 Å². The molecule has 3 heteroatoms. The van der Waals surface area contributed by atoms with Crippen LogP contribution in [0.2, 0.25) is 0 Å². The topological polar surface area (TPSA) is 39.4 Å². The quantitative estimate of drug-likeness (QED) is 0.675. The Bertz CT molecular complexity index is 848. The maximum atomic E-state index is 11.7. The zero-order chi connectivity index (χ0) is 15.5. The number of benzene rings is 2. The number of aryl methyl sites for hydroxylation is 2. The van der Waals surface area contributed by atoms with Crippen molar-refractivity contribution >= 4 is 11.0 Å². The second-order valence-electron chi connectivity index (χ2n) is 5.28. The van der Waals surface area contributed by atoms with E-state index in [1.807, 2.05) is 56.3 Å². The first-order valence-corrected chi connectivity index (χ1v) is 7.42. The minimum atomic E-state index is -0.312. The van der Waals surface area contributed by atoms with Crippen LogP contribution in [0, 0.1) is 6.92 Å². The van der Waals surface area contributed by atoms with Crippen LogP contribution in [0.5, 0.6) is 5.75 Å². The van der Waals surface area contributed by atoms with E-state index in [1.54, 1.807) is 6.07 Å². The van der Waals surface area contributed by atoms with Crippen LogP contribution in [-0.2, 0) is 13.0 Å². The fraction of sp³-hybridized carbons (Fsp3) is 0.211. The van der Waals surface area contributed by atoms with Crippen LogP contribution in [-0.4, -0.2) is 0 Å². The average Bonchev–Trinajstić information content (AvgIpc) is 2.55. The summed E-state index contributed by atoms with van der Waals surface area (Å²) in [5.74, 6) is 0.743. The number of rotatable bonds is 4. The minimum absolute atomic E-state index is 0.312. The zero-order valence-corrected chi connectivity index (χ0v) is 12.8. The first kappa shape index (κ1) is 14.4. The van der Waals surface area contributed by atoms with Crippen molar-refractivity contribution in [1.82, 2.24) is 0 Å². The summed E-state index contributed by atoms with van der Waals surface area (Å²) in [4.78, 5) is 11.7. The van der Waals surface area contributed by atoms with E-state index in [-0.39, 0.29) is 5.63 Å². The van der Waals surface area contributed by atoms with Crippen LogP contribution in [0.15, 0.2) is 57.7 Å². The molecule has 0 N–H and O–H groups in total. The normalized spacial score (nSPS) is 10.8. The van der Waals surface area contributed by atoms with E-state index < -0.39 is 0 Å². The lowest BCUT2D eigenvalue weighted by molar-refractivity contribution is 0.304. The Balaban J connectivity index is 1.98. The average molecular weight is 294 g/mol. The number of hydrogen-bond donors (Lipinski definition) is 0. The second kappa shape index (κ2) is 6.06. The lowest BCUT2D eigenvalue weighted by Gasteiger charge is -2.12.